The lowest BCUT2D eigenvalue weighted by molar-refractivity contribution is -0.385. The van der Waals surface area contributed by atoms with Crippen LogP contribution in [-0.2, 0) is 0 Å². The average Bonchev–Trinajstić information content (AvgIpc) is 2.80. The first-order chi connectivity index (χ1) is 10.5. The van der Waals surface area contributed by atoms with Crippen molar-refractivity contribution in [2.24, 2.45) is 0 Å². The van der Waals surface area contributed by atoms with E-state index in [0.29, 0.717) is 10.5 Å². The molecule has 0 atom stereocenters. The number of hydrogen-bond donors (Lipinski definition) is 1. The molecule has 1 aliphatic rings. The fourth-order valence-electron chi connectivity index (χ4n) is 2.10. The Morgan fingerprint density at radius 1 is 1.27 bits per heavy atom. The molecule has 22 heavy (non-hydrogen) atoms. The summed E-state index contributed by atoms with van der Waals surface area (Å²) in [5.74, 6) is -0.287. The van der Waals surface area contributed by atoms with Crippen LogP contribution in [0, 0.1) is 10.1 Å². The Morgan fingerprint density at radius 3 is 2.68 bits per heavy atom. The number of phenols is 1. The van der Waals surface area contributed by atoms with Gasteiger partial charge in [-0.2, -0.15) is 0 Å². The molecule has 2 aromatic carbocycles. The van der Waals surface area contributed by atoms with Crippen molar-refractivity contribution in [1.29, 1.82) is 0 Å². The Bertz CT molecular complexity index is 847. The Morgan fingerprint density at radius 2 is 2.00 bits per heavy atom. The maximum absolute atomic E-state index is 12.3. The van der Waals surface area contributed by atoms with E-state index in [4.69, 9.17) is 0 Å². The van der Waals surface area contributed by atoms with Crippen LogP contribution in [0.2, 0.25) is 0 Å². The van der Waals surface area contributed by atoms with Crippen molar-refractivity contribution in [3.8, 4) is 5.75 Å². The van der Waals surface area contributed by atoms with Crippen LogP contribution in [0.1, 0.15) is 15.9 Å². The smallest absolute Gasteiger partial charge is 0.271 e. The van der Waals surface area contributed by atoms with Gasteiger partial charge < -0.3 is 5.11 Å². The molecule has 110 valence electrons. The molecule has 7 heteroatoms. The quantitative estimate of drug-likeness (QED) is 0.476. The van der Waals surface area contributed by atoms with Gasteiger partial charge in [-0.25, -0.2) is 0 Å². The van der Waals surface area contributed by atoms with Crippen molar-refractivity contribution < 1.29 is 14.8 Å². The Labute approximate surface area is 137 Å². The minimum atomic E-state index is -0.551. The van der Waals surface area contributed by atoms with Crippen molar-refractivity contribution in [3.05, 3.63) is 67.0 Å². The van der Waals surface area contributed by atoms with E-state index in [9.17, 15) is 20.0 Å². The molecule has 0 saturated carbocycles. The van der Waals surface area contributed by atoms with E-state index >= 15 is 0 Å². The van der Waals surface area contributed by atoms with E-state index < -0.39 is 4.92 Å². The summed E-state index contributed by atoms with van der Waals surface area (Å²) in [4.78, 5) is 23.9. The molecule has 1 heterocycles. The standard InChI is InChI=1S/C15H8BrNO4S/c16-11-7-9(17(20)21)5-8(14(11)18)6-13-15(19)10-3-1-2-4-12(10)22-13/h1-7,18H/b13-6-. The molecule has 0 unspecified atom stereocenters. The third-order valence-corrected chi connectivity index (χ3v) is 4.85. The molecule has 0 radical (unpaired) electrons. The van der Waals surface area contributed by atoms with Gasteiger partial charge in [-0.05, 0) is 34.1 Å². The van der Waals surface area contributed by atoms with Crippen LogP contribution in [0.3, 0.4) is 0 Å². The van der Waals surface area contributed by atoms with Crippen molar-refractivity contribution in [2.75, 3.05) is 0 Å². The molecule has 0 amide bonds. The lowest BCUT2D eigenvalue weighted by atomic mass is 10.1. The van der Waals surface area contributed by atoms with Gasteiger partial charge in [0.2, 0.25) is 5.78 Å². The summed E-state index contributed by atoms with van der Waals surface area (Å²) in [5.41, 5.74) is 0.664. The number of allylic oxidation sites excluding steroid dienone is 1. The SMILES string of the molecule is O=C1/C(=C/c2cc([N+](=O)[O-])cc(Br)c2O)Sc2ccccc21. The third-order valence-electron chi connectivity index (χ3n) is 3.15. The van der Waals surface area contributed by atoms with E-state index in [1.54, 1.807) is 12.1 Å². The highest BCUT2D eigenvalue weighted by Crippen LogP contribution is 2.42. The van der Waals surface area contributed by atoms with Gasteiger partial charge in [-0.15, -0.1) is 0 Å². The van der Waals surface area contributed by atoms with Crippen LogP contribution >= 0.6 is 27.7 Å². The van der Waals surface area contributed by atoms with E-state index in [0.717, 1.165) is 4.90 Å². The number of nitrogens with zero attached hydrogens (tertiary/aromatic N) is 1. The minimum absolute atomic E-state index is 0.137. The van der Waals surface area contributed by atoms with Crippen LogP contribution < -0.4 is 0 Å². The predicted molar refractivity (Wildman–Crippen MR) is 87.1 cm³/mol. The van der Waals surface area contributed by atoms with Crippen LogP contribution in [0.15, 0.2) is 50.7 Å². The highest BCUT2D eigenvalue weighted by atomic mass is 79.9. The maximum atomic E-state index is 12.3. The summed E-state index contributed by atoms with van der Waals surface area (Å²) in [6.07, 6.45) is 1.47. The molecule has 0 saturated heterocycles. The van der Waals surface area contributed by atoms with Crippen LogP contribution in [0.25, 0.3) is 6.08 Å². The van der Waals surface area contributed by atoms with Gasteiger partial charge in [0.1, 0.15) is 5.75 Å². The maximum Gasteiger partial charge on any atom is 0.271 e. The summed E-state index contributed by atoms with van der Waals surface area (Å²) >= 11 is 4.37. The number of ketones is 1. The van der Waals surface area contributed by atoms with Crippen molar-refractivity contribution in [3.63, 3.8) is 0 Å². The monoisotopic (exact) mass is 377 g/mol. The van der Waals surface area contributed by atoms with Crippen LogP contribution in [-0.4, -0.2) is 15.8 Å². The van der Waals surface area contributed by atoms with E-state index in [1.807, 2.05) is 12.1 Å². The van der Waals surface area contributed by atoms with E-state index in [2.05, 4.69) is 15.9 Å². The number of fused-ring (bicyclic) bond motifs is 1. The first kappa shape index (κ1) is 14.8. The number of benzene rings is 2. The summed E-state index contributed by atoms with van der Waals surface area (Å²) in [5, 5.41) is 20.9. The molecule has 0 aliphatic carbocycles. The molecule has 5 nitrogen and oxygen atoms in total. The van der Waals surface area contributed by atoms with Gasteiger partial charge in [0.25, 0.3) is 5.69 Å². The molecule has 0 bridgehead atoms. The van der Waals surface area contributed by atoms with Gasteiger partial charge in [0.15, 0.2) is 0 Å². The van der Waals surface area contributed by atoms with Gasteiger partial charge in [-0.1, -0.05) is 23.9 Å². The number of aromatic hydroxyl groups is 1. The van der Waals surface area contributed by atoms with Gasteiger partial charge in [0.05, 0.1) is 14.3 Å². The normalized spacial score (nSPS) is 15.1. The first-order valence-electron chi connectivity index (χ1n) is 6.17. The van der Waals surface area contributed by atoms with Crippen LogP contribution in [0.5, 0.6) is 5.75 Å². The Balaban J connectivity index is 2.07. The molecule has 2 aromatic rings. The first-order valence-corrected chi connectivity index (χ1v) is 7.78. The van der Waals surface area contributed by atoms with Crippen LogP contribution in [0.4, 0.5) is 5.69 Å². The molecule has 3 rings (SSSR count). The molecular formula is C15H8BrNO4S. The number of hydrogen-bond acceptors (Lipinski definition) is 5. The van der Waals surface area contributed by atoms with E-state index in [1.165, 1.54) is 30.0 Å². The second-order valence-corrected chi connectivity index (χ2v) is 6.50. The van der Waals surface area contributed by atoms with Gasteiger partial charge in [0, 0.05) is 28.2 Å². The summed E-state index contributed by atoms with van der Waals surface area (Å²) < 4.78 is 0.210. The third kappa shape index (κ3) is 2.53. The fourth-order valence-corrected chi connectivity index (χ4v) is 3.60. The van der Waals surface area contributed by atoms with Crippen molar-refractivity contribution in [2.45, 2.75) is 4.90 Å². The number of non-ortho nitro benzene ring substituents is 1. The Kier molecular flexibility index (Phi) is 3.76. The second-order valence-electron chi connectivity index (χ2n) is 4.56. The summed E-state index contributed by atoms with van der Waals surface area (Å²) in [6.45, 7) is 0. The topological polar surface area (TPSA) is 80.4 Å². The summed E-state index contributed by atoms with van der Waals surface area (Å²) in [7, 11) is 0. The number of halogens is 1. The zero-order valence-electron chi connectivity index (χ0n) is 10.9. The number of nitro groups is 1. The number of carbonyl (C=O) groups is 1. The van der Waals surface area contributed by atoms with Crippen molar-refractivity contribution >= 4 is 45.2 Å². The number of nitro benzene ring substituents is 1. The molecule has 0 aromatic heterocycles. The lowest BCUT2D eigenvalue weighted by Gasteiger charge is -2.03. The largest absolute Gasteiger partial charge is 0.506 e. The molecule has 0 fully saturated rings. The number of rotatable bonds is 2. The second kappa shape index (κ2) is 5.58. The highest BCUT2D eigenvalue weighted by Gasteiger charge is 2.26. The zero-order valence-corrected chi connectivity index (χ0v) is 13.3. The number of Topliss-reactive ketones (excluding diaryl/α,β-unsaturated/α-hetero) is 1. The van der Waals surface area contributed by atoms with Gasteiger partial charge >= 0.3 is 0 Å². The van der Waals surface area contributed by atoms with Crippen molar-refractivity contribution in [1.82, 2.24) is 0 Å². The highest BCUT2D eigenvalue weighted by molar-refractivity contribution is 9.10. The average molecular weight is 378 g/mol. The zero-order chi connectivity index (χ0) is 15.9. The number of carbonyl (C=O) groups excluding carboxylic acids is 1. The number of thioether (sulfide) groups is 1. The lowest BCUT2D eigenvalue weighted by Crippen LogP contribution is -1.94. The molecule has 1 aliphatic heterocycles. The minimum Gasteiger partial charge on any atom is -0.506 e. The molecule has 1 N–H and O–H groups in total. The predicted octanol–water partition coefficient (Wildman–Crippen LogP) is 4.39. The fraction of sp³-hybridized carbons (Fsp3) is 0. The summed E-state index contributed by atoms with van der Waals surface area (Å²) in [6, 6.07) is 9.64. The molecular weight excluding hydrogens is 370 g/mol. The van der Waals surface area contributed by atoms with Gasteiger partial charge in [-0.3, -0.25) is 14.9 Å². The van der Waals surface area contributed by atoms with E-state index in [-0.39, 0.29) is 27.3 Å². The number of phenolic OH excluding ortho intramolecular Hbond substituents is 1. The Hall–Kier alpha value is -2.12. The molecule has 0 spiro atoms.